The molecule has 5 nitrogen and oxygen atoms in total. The van der Waals surface area contributed by atoms with E-state index in [1.54, 1.807) is 6.92 Å². The van der Waals surface area contributed by atoms with Crippen molar-refractivity contribution in [1.29, 1.82) is 0 Å². The number of amidine groups is 1. The third-order valence-electron chi connectivity index (χ3n) is 4.90. The van der Waals surface area contributed by atoms with Crippen molar-refractivity contribution in [3.05, 3.63) is 86.5 Å². The second kappa shape index (κ2) is 9.39. The normalized spacial score (nSPS) is 17.5. The Morgan fingerprint density at radius 2 is 1.97 bits per heavy atom. The molecule has 0 unspecified atom stereocenters. The fourth-order valence-electron chi connectivity index (χ4n) is 3.44. The summed E-state index contributed by atoms with van der Waals surface area (Å²) in [4.78, 5) is 19.3. The molecule has 1 atom stereocenters. The van der Waals surface area contributed by atoms with Crippen LogP contribution in [0.3, 0.4) is 0 Å². The first-order valence-corrected chi connectivity index (χ1v) is 11.4. The van der Waals surface area contributed by atoms with Crippen molar-refractivity contribution >= 4 is 46.1 Å². The Kier molecular flexibility index (Phi) is 6.60. The number of hydrogen-bond donors (Lipinski definition) is 0. The number of hydrogen-bond acceptors (Lipinski definition) is 6. The molecule has 0 saturated heterocycles. The van der Waals surface area contributed by atoms with Crippen LogP contribution in [0.25, 0.3) is 0 Å². The summed E-state index contributed by atoms with van der Waals surface area (Å²) in [5.74, 6) is 0.187. The maximum Gasteiger partial charge on any atom is 0.338 e. The standard InChI is InChI=1S/C23H20Cl2N2O3S/c1-3-29-22(28)20-14(2)26-23-27(10-11-31-23)21(20)16-6-9-19(18(25)12-16)30-13-15-4-7-17(24)8-5-15/h4-12,21H,3,13H2,1-2H3/t21-/m1/s1. The summed E-state index contributed by atoms with van der Waals surface area (Å²) in [5, 5.41) is 3.90. The van der Waals surface area contributed by atoms with Crippen molar-refractivity contribution in [2.24, 2.45) is 4.99 Å². The summed E-state index contributed by atoms with van der Waals surface area (Å²) in [5.41, 5.74) is 2.99. The van der Waals surface area contributed by atoms with Crippen LogP contribution in [0.15, 0.2) is 70.3 Å². The van der Waals surface area contributed by atoms with Gasteiger partial charge >= 0.3 is 5.97 Å². The molecule has 0 bridgehead atoms. The second-order valence-corrected chi connectivity index (χ2v) is 8.65. The zero-order valence-corrected chi connectivity index (χ0v) is 19.3. The summed E-state index contributed by atoms with van der Waals surface area (Å²) in [6.45, 7) is 4.28. The number of allylic oxidation sites excluding steroid dienone is 1. The van der Waals surface area contributed by atoms with Gasteiger partial charge in [-0.25, -0.2) is 9.79 Å². The lowest BCUT2D eigenvalue weighted by Gasteiger charge is -2.33. The monoisotopic (exact) mass is 474 g/mol. The first-order valence-electron chi connectivity index (χ1n) is 9.73. The Balaban J connectivity index is 1.62. The van der Waals surface area contributed by atoms with E-state index in [9.17, 15) is 4.79 Å². The van der Waals surface area contributed by atoms with E-state index in [-0.39, 0.29) is 12.0 Å². The number of ether oxygens (including phenoxy) is 2. The molecular formula is C23H20Cl2N2O3S. The maximum atomic E-state index is 12.7. The van der Waals surface area contributed by atoms with Crippen LogP contribution in [0.5, 0.6) is 5.75 Å². The van der Waals surface area contributed by atoms with Gasteiger partial charge in [-0.1, -0.05) is 53.2 Å². The predicted molar refractivity (Wildman–Crippen MR) is 125 cm³/mol. The minimum Gasteiger partial charge on any atom is -0.487 e. The van der Waals surface area contributed by atoms with Crippen LogP contribution >= 0.6 is 35.0 Å². The highest BCUT2D eigenvalue weighted by molar-refractivity contribution is 8.16. The van der Waals surface area contributed by atoms with Gasteiger partial charge in [-0.3, -0.25) is 0 Å². The lowest BCUT2D eigenvalue weighted by Crippen LogP contribution is -2.34. The quantitative estimate of drug-likeness (QED) is 0.457. The van der Waals surface area contributed by atoms with Crippen LogP contribution in [0.1, 0.15) is 31.0 Å². The van der Waals surface area contributed by atoms with E-state index in [4.69, 9.17) is 32.7 Å². The van der Waals surface area contributed by atoms with E-state index in [2.05, 4.69) is 4.99 Å². The number of rotatable bonds is 6. The summed E-state index contributed by atoms with van der Waals surface area (Å²) >= 11 is 14.0. The van der Waals surface area contributed by atoms with Gasteiger partial charge in [0.2, 0.25) is 0 Å². The molecule has 160 valence electrons. The number of thioether (sulfide) groups is 1. The van der Waals surface area contributed by atoms with Crippen molar-refractivity contribution in [2.45, 2.75) is 26.5 Å². The largest absolute Gasteiger partial charge is 0.487 e. The van der Waals surface area contributed by atoms with E-state index >= 15 is 0 Å². The highest BCUT2D eigenvalue weighted by Crippen LogP contribution is 2.42. The minimum atomic E-state index is -0.378. The lowest BCUT2D eigenvalue weighted by atomic mass is 9.94. The fraction of sp³-hybridized carbons (Fsp3) is 0.217. The molecule has 0 fully saturated rings. The Morgan fingerprint density at radius 3 is 2.68 bits per heavy atom. The van der Waals surface area contributed by atoms with Gasteiger partial charge in [0.05, 0.1) is 28.9 Å². The van der Waals surface area contributed by atoms with Crippen LogP contribution < -0.4 is 4.74 Å². The molecule has 0 aliphatic carbocycles. The number of fused-ring (bicyclic) bond motifs is 1. The van der Waals surface area contributed by atoms with E-state index in [0.29, 0.717) is 40.3 Å². The second-order valence-electron chi connectivity index (χ2n) is 6.93. The molecule has 2 aromatic rings. The van der Waals surface area contributed by atoms with Gasteiger partial charge in [-0.05, 0) is 54.6 Å². The van der Waals surface area contributed by atoms with Crippen LogP contribution in [0.2, 0.25) is 10.0 Å². The summed E-state index contributed by atoms with van der Waals surface area (Å²) in [7, 11) is 0. The average molecular weight is 475 g/mol. The van der Waals surface area contributed by atoms with Gasteiger partial charge in [0.1, 0.15) is 12.4 Å². The number of halogens is 2. The molecule has 2 heterocycles. The average Bonchev–Trinajstić information content (AvgIpc) is 3.21. The smallest absolute Gasteiger partial charge is 0.338 e. The number of esters is 1. The molecule has 2 aliphatic heterocycles. The molecular weight excluding hydrogens is 455 g/mol. The van der Waals surface area contributed by atoms with Crippen molar-refractivity contribution in [3.8, 4) is 5.75 Å². The van der Waals surface area contributed by atoms with Crippen molar-refractivity contribution in [2.75, 3.05) is 6.61 Å². The van der Waals surface area contributed by atoms with Crippen LogP contribution in [-0.2, 0) is 16.1 Å². The lowest BCUT2D eigenvalue weighted by molar-refractivity contribution is -0.139. The van der Waals surface area contributed by atoms with Gasteiger partial charge in [0, 0.05) is 11.2 Å². The third-order valence-corrected chi connectivity index (χ3v) is 6.21. The molecule has 0 spiro atoms. The predicted octanol–water partition coefficient (Wildman–Crippen LogP) is 6.34. The van der Waals surface area contributed by atoms with E-state index < -0.39 is 0 Å². The highest BCUT2D eigenvalue weighted by atomic mass is 35.5. The Bertz CT molecular complexity index is 1100. The molecule has 0 aromatic heterocycles. The van der Waals surface area contributed by atoms with Crippen molar-refractivity contribution in [1.82, 2.24) is 4.90 Å². The molecule has 0 saturated carbocycles. The number of carbonyl (C=O) groups excluding carboxylic acids is 1. The van der Waals surface area contributed by atoms with Gasteiger partial charge in [-0.2, -0.15) is 0 Å². The Hall–Kier alpha value is -2.41. The summed E-state index contributed by atoms with van der Waals surface area (Å²) in [6, 6.07) is 12.6. The maximum absolute atomic E-state index is 12.7. The molecule has 0 radical (unpaired) electrons. The van der Waals surface area contributed by atoms with Gasteiger partial charge < -0.3 is 14.4 Å². The SMILES string of the molecule is CCOC(=O)C1=C(C)N=C2SC=CN2[C@@H]1c1ccc(OCc2ccc(Cl)cc2)c(Cl)c1. The molecule has 4 rings (SSSR count). The molecule has 0 amide bonds. The van der Waals surface area contributed by atoms with Crippen LogP contribution in [0.4, 0.5) is 0 Å². The van der Waals surface area contributed by atoms with Crippen molar-refractivity contribution in [3.63, 3.8) is 0 Å². The molecule has 8 heteroatoms. The first kappa shape index (κ1) is 21.8. The third kappa shape index (κ3) is 4.61. The minimum absolute atomic E-state index is 0.293. The van der Waals surface area contributed by atoms with Gasteiger partial charge in [-0.15, -0.1) is 0 Å². The van der Waals surface area contributed by atoms with Crippen molar-refractivity contribution < 1.29 is 14.3 Å². The van der Waals surface area contributed by atoms with Gasteiger partial charge in [0.15, 0.2) is 5.17 Å². The van der Waals surface area contributed by atoms with E-state index in [1.807, 2.05) is 65.9 Å². The molecule has 0 N–H and O–H groups in total. The Labute approximate surface area is 195 Å². The van der Waals surface area contributed by atoms with Crippen LogP contribution in [-0.4, -0.2) is 22.6 Å². The summed E-state index contributed by atoms with van der Waals surface area (Å²) < 4.78 is 11.2. The van der Waals surface area contributed by atoms with E-state index in [0.717, 1.165) is 16.3 Å². The summed E-state index contributed by atoms with van der Waals surface area (Å²) in [6.07, 6.45) is 1.92. The Morgan fingerprint density at radius 1 is 1.19 bits per heavy atom. The van der Waals surface area contributed by atoms with Crippen LogP contribution in [0, 0.1) is 0 Å². The zero-order chi connectivity index (χ0) is 22.0. The van der Waals surface area contributed by atoms with Gasteiger partial charge in [0.25, 0.3) is 0 Å². The number of aliphatic imine (C=N–C) groups is 1. The molecule has 2 aliphatic rings. The zero-order valence-electron chi connectivity index (χ0n) is 17.0. The fourth-order valence-corrected chi connectivity index (χ4v) is 4.60. The first-order chi connectivity index (χ1) is 15.0. The topological polar surface area (TPSA) is 51.1 Å². The highest BCUT2D eigenvalue weighted by Gasteiger charge is 2.37. The number of benzene rings is 2. The number of nitrogens with zero attached hydrogens (tertiary/aromatic N) is 2. The molecule has 31 heavy (non-hydrogen) atoms. The molecule has 2 aromatic carbocycles. The van der Waals surface area contributed by atoms with E-state index in [1.165, 1.54) is 11.8 Å². The number of carbonyl (C=O) groups is 1.